The molecule has 0 unspecified atom stereocenters. The van der Waals surface area contributed by atoms with E-state index in [0.29, 0.717) is 13.0 Å². The Morgan fingerprint density at radius 1 is 1.26 bits per heavy atom. The SMILES string of the molecule is COC(=O)[C@@]1(CC(C)C)[C@@H](C)C(=O)N1Cc1ccc(OC)cc1. The maximum Gasteiger partial charge on any atom is 0.332 e. The third kappa shape index (κ3) is 2.92. The number of likely N-dealkylation sites (tertiary alicyclic amines) is 1. The van der Waals surface area contributed by atoms with Gasteiger partial charge >= 0.3 is 5.97 Å². The zero-order valence-electron chi connectivity index (χ0n) is 14.5. The lowest BCUT2D eigenvalue weighted by Crippen LogP contribution is -2.73. The lowest BCUT2D eigenvalue weighted by Gasteiger charge is -2.55. The third-order valence-electron chi connectivity index (χ3n) is 4.59. The van der Waals surface area contributed by atoms with Gasteiger partial charge in [-0.3, -0.25) is 4.79 Å². The van der Waals surface area contributed by atoms with Crippen LogP contribution >= 0.6 is 0 Å². The summed E-state index contributed by atoms with van der Waals surface area (Å²) in [6.45, 7) is 6.30. The van der Waals surface area contributed by atoms with Crippen molar-refractivity contribution in [3.8, 4) is 5.75 Å². The van der Waals surface area contributed by atoms with E-state index in [4.69, 9.17) is 9.47 Å². The van der Waals surface area contributed by atoms with E-state index in [9.17, 15) is 9.59 Å². The fraction of sp³-hybridized carbons (Fsp3) is 0.556. The van der Waals surface area contributed by atoms with Crippen LogP contribution in [-0.4, -0.2) is 36.5 Å². The monoisotopic (exact) mass is 319 g/mol. The first-order chi connectivity index (χ1) is 10.9. The quantitative estimate of drug-likeness (QED) is 0.597. The summed E-state index contributed by atoms with van der Waals surface area (Å²) >= 11 is 0. The Bertz CT molecular complexity index is 581. The molecule has 1 aromatic rings. The van der Waals surface area contributed by atoms with Gasteiger partial charge in [-0.15, -0.1) is 0 Å². The molecular weight excluding hydrogens is 294 g/mol. The minimum atomic E-state index is -0.861. The summed E-state index contributed by atoms with van der Waals surface area (Å²) in [4.78, 5) is 26.5. The molecule has 2 rings (SSSR count). The highest BCUT2D eigenvalue weighted by atomic mass is 16.5. The van der Waals surface area contributed by atoms with Crippen molar-refractivity contribution in [2.24, 2.45) is 11.8 Å². The number of hydrogen-bond acceptors (Lipinski definition) is 4. The minimum absolute atomic E-state index is 0.00753. The third-order valence-corrected chi connectivity index (χ3v) is 4.59. The van der Waals surface area contributed by atoms with Crippen LogP contribution in [0.4, 0.5) is 0 Å². The number of carbonyl (C=O) groups is 2. The predicted molar refractivity (Wildman–Crippen MR) is 86.9 cm³/mol. The molecule has 0 spiro atoms. The number of benzene rings is 1. The fourth-order valence-corrected chi connectivity index (χ4v) is 3.39. The number of carbonyl (C=O) groups excluding carboxylic acids is 2. The van der Waals surface area contributed by atoms with Gasteiger partial charge in [0.05, 0.1) is 20.1 Å². The van der Waals surface area contributed by atoms with Crippen LogP contribution in [0, 0.1) is 11.8 Å². The Kier molecular flexibility index (Phi) is 4.97. The molecule has 0 N–H and O–H groups in total. The minimum Gasteiger partial charge on any atom is -0.497 e. The molecule has 0 aromatic heterocycles. The zero-order chi connectivity index (χ0) is 17.2. The van der Waals surface area contributed by atoms with E-state index in [1.807, 2.05) is 45.0 Å². The van der Waals surface area contributed by atoms with Crippen molar-refractivity contribution < 1.29 is 19.1 Å². The van der Waals surface area contributed by atoms with Crippen molar-refractivity contribution in [2.75, 3.05) is 14.2 Å². The number of rotatable bonds is 6. The summed E-state index contributed by atoms with van der Waals surface area (Å²) in [5, 5.41) is 0. The summed E-state index contributed by atoms with van der Waals surface area (Å²) in [5.74, 6) is 0.357. The van der Waals surface area contributed by atoms with Gasteiger partial charge in [-0.2, -0.15) is 0 Å². The smallest absolute Gasteiger partial charge is 0.332 e. The topological polar surface area (TPSA) is 55.8 Å². The van der Waals surface area contributed by atoms with Crippen molar-refractivity contribution >= 4 is 11.9 Å². The van der Waals surface area contributed by atoms with E-state index in [0.717, 1.165) is 11.3 Å². The maximum absolute atomic E-state index is 12.5. The molecule has 126 valence electrons. The second-order valence-electron chi connectivity index (χ2n) is 6.51. The normalized spacial score (nSPS) is 23.7. The first-order valence-corrected chi connectivity index (χ1v) is 7.89. The first-order valence-electron chi connectivity index (χ1n) is 7.89. The van der Waals surface area contributed by atoms with Crippen molar-refractivity contribution in [1.29, 1.82) is 0 Å². The van der Waals surface area contributed by atoms with E-state index in [1.54, 1.807) is 12.0 Å². The molecule has 0 saturated carbocycles. The summed E-state index contributed by atoms with van der Waals surface area (Å²) in [6.07, 6.45) is 0.600. The number of β-lactam (4-membered cyclic amide) rings is 1. The molecule has 1 fully saturated rings. The molecule has 5 nitrogen and oxygen atoms in total. The van der Waals surface area contributed by atoms with E-state index >= 15 is 0 Å². The number of ether oxygens (including phenoxy) is 2. The first kappa shape index (κ1) is 17.3. The molecule has 1 heterocycles. The molecule has 5 heteroatoms. The second-order valence-corrected chi connectivity index (χ2v) is 6.51. The van der Waals surface area contributed by atoms with Crippen molar-refractivity contribution in [3.63, 3.8) is 0 Å². The van der Waals surface area contributed by atoms with Crippen LogP contribution in [0.3, 0.4) is 0 Å². The van der Waals surface area contributed by atoms with Crippen LogP contribution in [-0.2, 0) is 20.9 Å². The van der Waals surface area contributed by atoms with Gasteiger partial charge in [0.2, 0.25) is 5.91 Å². The van der Waals surface area contributed by atoms with Crippen LogP contribution in [0.2, 0.25) is 0 Å². The Hall–Kier alpha value is -2.04. The van der Waals surface area contributed by atoms with Crippen LogP contribution in [0.15, 0.2) is 24.3 Å². The molecule has 1 saturated heterocycles. The highest BCUT2D eigenvalue weighted by Gasteiger charge is 2.63. The largest absolute Gasteiger partial charge is 0.497 e. The number of methoxy groups -OCH3 is 2. The molecule has 0 aliphatic carbocycles. The van der Waals surface area contributed by atoms with Crippen LogP contribution in [0.5, 0.6) is 5.75 Å². The number of amides is 1. The molecule has 2 atom stereocenters. The van der Waals surface area contributed by atoms with Gasteiger partial charge in [0.25, 0.3) is 0 Å². The highest BCUT2D eigenvalue weighted by molar-refractivity contribution is 6.00. The Labute approximate surface area is 137 Å². The van der Waals surface area contributed by atoms with Crippen LogP contribution in [0.1, 0.15) is 32.8 Å². The molecule has 23 heavy (non-hydrogen) atoms. The second kappa shape index (κ2) is 6.60. The van der Waals surface area contributed by atoms with Gasteiger partial charge in [-0.25, -0.2) is 4.79 Å². The number of hydrogen-bond donors (Lipinski definition) is 0. The fourth-order valence-electron chi connectivity index (χ4n) is 3.39. The summed E-state index contributed by atoms with van der Waals surface area (Å²) in [7, 11) is 2.99. The van der Waals surface area contributed by atoms with Gasteiger partial charge in [-0.05, 0) is 30.0 Å². The predicted octanol–water partition coefficient (Wildman–Crippen LogP) is 2.63. The molecule has 1 aromatic carbocycles. The zero-order valence-corrected chi connectivity index (χ0v) is 14.5. The van der Waals surface area contributed by atoms with Crippen molar-refractivity contribution in [2.45, 2.75) is 39.3 Å². The Balaban J connectivity index is 2.29. The van der Waals surface area contributed by atoms with Crippen LogP contribution in [0.25, 0.3) is 0 Å². The van der Waals surface area contributed by atoms with E-state index in [2.05, 4.69) is 0 Å². The number of nitrogens with zero attached hydrogens (tertiary/aromatic N) is 1. The lowest BCUT2D eigenvalue weighted by atomic mass is 9.69. The maximum atomic E-state index is 12.5. The lowest BCUT2D eigenvalue weighted by molar-refractivity contribution is -0.192. The Morgan fingerprint density at radius 2 is 1.87 bits per heavy atom. The van der Waals surface area contributed by atoms with Gasteiger partial charge in [-0.1, -0.05) is 32.9 Å². The summed E-state index contributed by atoms with van der Waals surface area (Å²) in [5.41, 5.74) is 0.100. The molecule has 1 aliphatic rings. The average molecular weight is 319 g/mol. The molecule has 1 aliphatic heterocycles. The summed E-state index contributed by atoms with van der Waals surface area (Å²) in [6, 6.07) is 7.52. The Morgan fingerprint density at radius 3 is 2.35 bits per heavy atom. The molecule has 0 bridgehead atoms. The number of esters is 1. The van der Waals surface area contributed by atoms with Crippen LogP contribution < -0.4 is 4.74 Å². The molecule has 1 amide bonds. The van der Waals surface area contributed by atoms with E-state index < -0.39 is 5.54 Å². The van der Waals surface area contributed by atoms with Gasteiger partial charge in [0.1, 0.15) is 5.75 Å². The van der Waals surface area contributed by atoms with Crippen molar-refractivity contribution in [1.82, 2.24) is 4.90 Å². The highest BCUT2D eigenvalue weighted by Crippen LogP contribution is 2.44. The van der Waals surface area contributed by atoms with Gasteiger partial charge < -0.3 is 14.4 Å². The van der Waals surface area contributed by atoms with E-state index in [1.165, 1.54) is 7.11 Å². The van der Waals surface area contributed by atoms with Gasteiger partial charge in [0, 0.05) is 6.54 Å². The standard InChI is InChI=1S/C18H25NO4/c1-12(2)10-18(17(21)23-5)13(3)16(20)19(18)11-14-6-8-15(22-4)9-7-14/h6-9,12-13H,10-11H2,1-5H3/t13-,18+/m0/s1. The summed E-state index contributed by atoms with van der Waals surface area (Å²) < 4.78 is 10.2. The van der Waals surface area contributed by atoms with Gasteiger partial charge in [0.15, 0.2) is 5.54 Å². The van der Waals surface area contributed by atoms with E-state index in [-0.39, 0.29) is 23.7 Å². The molecular formula is C18H25NO4. The van der Waals surface area contributed by atoms with Crippen molar-refractivity contribution in [3.05, 3.63) is 29.8 Å². The molecule has 0 radical (unpaired) electrons. The average Bonchev–Trinajstić information content (AvgIpc) is 2.56.